The smallest absolute Gasteiger partial charge is 0.331 e. The van der Waals surface area contributed by atoms with E-state index in [9.17, 15) is 9.59 Å². The minimum Gasteiger partial charge on any atom is -0.444 e. The van der Waals surface area contributed by atoms with Gasteiger partial charge in [-0.2, -0.15) is 0 Å². The summed E-state index contributed by atoms with van der Waals surface area (Å²) in [7, 11) is 0. The van der Waals surface area contributed by atoms with Crippen LogP contribution in [-0.4, -0.2) is 17.9 Å². The molecule has 1 atom stereocenters. The van der Waals surface area contributed by atoms with Gasteiger partial charge < -0.3 is 10.1 Å². The summed E-state index contributed by atoms with van der Waals surface area (Å²) in [4.78, 5) is 23.7. The Kier molecular flexibility index (Phi) is 4.34. The topological polar surface area (TPSA) is 55.4 Å². The minimum atomic E-state index is -0.884. The van der Waals surface area contributed by atoms with Gasteiger partial charge in [0.05, 0.1) is 0 Å². The third-order valence-corrected chi connectivity index (χ3v) is 2.80. The standard InChI is InChI=1S/C15H17NO3/c1-2-6-13(17)19-14(11-7-4-3-5-8-11)15(18)16-12-9-10-12/h2-8,12,14H,9-10H2,1H3,(H,16,18)/b6-2+/t14-/m0/s1. The number of rotatable bonds is 5. The molecule has 1 fully saturated rings. The molecule has 100 valence electrons. The lowest BCUT2D eigenvalue weighted by molar-refractivity contribution is -0.152. The maximum absolute atomic E-state index is 12.1. The quantitative estimate of drug-likeness (QED) is 0.651. The van der Waals surface area contributed by atoms with Crippen LogP contribution in [0, 0.1) is 0 Å². The third kappa shape index (κ3) is 3.95. The zero-order valence-corrected chi connectivity index (χ0v) is 10.8. The van der Waals surface area contributed by atoms with Gasteiger partial charge in [0.1, 0.15) is 0 Å². The van der Waals surface area contributed by atoms with Crippen LogP contribution in [0.15, 0.2) is 42.5 Å². The molecule has 0 spiro atoms. The Hall–Kier alpha value is -2.10. The molecule has 19 heavy (non-hydrogen) atoms. The highest BCUT2D eigenvalue weighted by molar-refractivity contribution is 5.88. The van der Waals surface area contributed by atoms with E-state index < -0.39 is 12.1 Å². The summed E-state index contributed by atoms with van der Waals surface area (Å²) < 4.78 is 5.23. The van der Waals surface area contributed by atoms with E-state index in [0.717, 1.165) is 12.8 Å². The van der Waals surface area contributed by atoms with Gasteiger partial charge in [0.2, 0.25) is 6.10 Å². The number of benzene rings is 1. The first kappa shape index (κ1) is 13.3. The van der Waals surface area contributed by atoms with Crippen molar-refractivity contribution >= 4 is 11.9 Å². The van der Waals surface area contributed by atoms with Crippen LogP contribution in [0.3, 0.4) is 0 Å². The molecule has 0 heterocycles. The van der Waals surface area contributed by atoms with Crippen molar-refractivity contribution in [3.63, 3.8) is 0 Å². The molecule has 1 amide bonds. The van der Waals surface area contributed by atoms with E-state index in [2.05, 4.69) is 5.32 Å². The minimum absolute atomic E-state index is 0.235. The average Bonchev–Trinajstić information content (AvgIpc) is 3.21. The van der Waals surface area contributed by atoms with Crippen molar-refractivity contribution in [3.8, 4) is 0 Å². The molecule has 0 aromatic heterocycles. The Labute approximate surface area is 112 Å². The molecule has 1 N–H and O–H groups in total. The monoisotopic (exact) mass is 259 g/mol. The van der Waals surface area contributed by atoms with E-state index in [4.69, 9.17) is 4.74 Å². The number of allylic oxidation sites excluding steroid dienone is 1. The van der Waals surface area contributed by atoms with Gasteiger partial charge in [-0.15, -0.1) is 0 Å². The summed E-state index contributed by atoms with van der Waals surface area (Å²) >= 11 is 0. The number of carbonyl (C=O) groups excluding carboxylic acids is 2. The summed E-state index contributed by atoms with van der Waals surface area (Å²) in [6.07, 6.45) is 4.00. The Morgan fingerprint density at radius 1 is 1.32 bits per heavy atom. The summed E-state index contributed by atoms with van der Waals surface area (Å²) in [5.74, 6) is -0.770. The van der Waals surface area contributed by atoms with E-state index in [0.29, 0.717) is 5.56 Å². The molecular formula is C15H17NO3. The molecule has 1 saturated carbocycles. The van der Waals surface area contributed by atoms with Crippen LogP contribution in [-0.2, 0) is 14.3 Å². The fourth-order valence-corrected chi connectivity index (χ4v) is 1.70. The highest BCUT2D eigenvalue weighted by Gasteiger charge is 2.30. The Morgan fingerprint density at radius 2 is 2.00 bits per heavy atom. The summed E-state index contributed by atoms with van der Waals surface area (Å²) in [5.41, 5.74) is 0.679. The number of amides is 1. The zero-order chi connectivity index (χ0) is 13.7. The van der Waals surface area contributed by atoms with Crippen molar-refractivity contribution in [1.29, 1.82) is 0 Å². The molecule has 1 aromatic rings. The van der Waals surface area contributed by atoms with E-state index >= 15 is 0 Å². The molecule has 1 aliphatic carbocycles. The highest BCUT2D eigenvalue weighted by atomic mass is 16.5. The summed E-state index contributed by atoms with van der Waals surface area (Å²) in [6.45, 7) is 1.73. The maximum atomic E-state index is 12.1. The highest BCUT2D eigenvalue weighted by Crippen LogP contribution is 2.23. The second-order valence-electron chi connectivity index (χ2n) is 4.51. The number of nitrogens with one attached hydrogen (secondary N) is 1. The number of hydrogen-bond acceptors (Lipinski definition) is 3. The molecule has 0 aliphatic heterocycles. The predicted octanol–water partition coefficient (Wildman–Crippen LogP) is 2.13. The van der Waals surface area contributed by atoms with Crippen LogP contribution in [0.2, 0.25) is 0 Å². The Bertz CT molecular complexity index is 477. The van der Waals surface area contributed by atoms with Crippen molar-refractivity contribution in [2.45, 2.75) is 31.9 Å². The number of ether oxygens (including phenoxy) is 1. The summed E-state index contributed by atoms with van der Waals surface area (Å²) in [6, 6.07) is 9.28. The van der Waals surface area contributed by atoms with Crippen LogP contribution in [0.25, 0.3) is 0 Å². The van der Waals surface area contributed by atoms with Crippen molar-refractivity contribution in [2.75, 3.05) is 0 Å². The van der Waals surface area contributed by atoms with E-state index in [-0.39, 0.29) is 11.9 Å². The molecule has 0 radical (unpaired) electrons. The van der Waals surface area contributed by atoms with Gasteiger partial charge in [-0.3, -0.25) is 4.79 Å². The van der Waals surface area contributed by atoms with Gasteiger partial charge in [0.15, 0.2) is 0 Å². The van der Waals surface area contributed by atoms with Crippen molar-refractivity contribution in [2.24, 2.45) is 0 Å². The van der Waals surface area contributed by atoms with Gasteiger partial charge in [-0.05, 0) is 19.8 Å². The first-order valence-corrected chi connectivity index (χ1v) is 6.39. The number of esters is 1. The first-order valence-electron chi connectivity index (χ1n) is 6.39. The maximum Gasteiger partial charge on any atom is 0.331 e. The lowest BCUT2D eigenvalue weighted by Crippen LogP contribution is -2.33. The third-order valence-electron chi connectivity index (χ3n) is 2.80. The number of hydrogen-bond donors (Lipinski definition) is 1. The fourth-order valence-electron chi connectivity index (χ4n) is 1.70. The zero-order valence-electron chi connectivity index (χ0n) is 10.8. The largest absolute Gasteiger partial charge is 0.444 e. The fraction of sp³-hybridized carbons (Fsp3) is 0.333. The van der Waals surface area contributed by atoms with Gasteiger partial charge in [-0.25, -0.2) is 4.79 Å². The molecule has 0 unspecified atom stereocenters. The van der Waals surface area contributed by atoms with Gasteiger partial charge in [0, 0.05) is 17.7 Å². The van der Waals surface area contributed by atoms with Crippen LogP contribution >= 0.6 is 0 Å². The number of carbonyl (C=O) groups is 2. The predicted molar refractivity (Wildman–Crippen MR) is 71.3 cm³/mol. The average molecular weight is 259 g/mol. The molecule has 2 rings (SSSR count). The molecular weight excluding hydrogens is 242 g/mol. The van der Waals surface area contributed by atoms with Crippen molar-refractivity contribution in [1.82, 2.24) is 5.32 Å². The first-order chi connectivity index (χ1) is 9.20. The molecule has 1 aliphatic rings. The lowest BCUT2D eigenvalue weighted by atomic mass is 10.1. The summed E-state index contributed by atoms with van der Waals surface area (Å²) in [5, 5.41) is 2.86. The molecule has 4 nitrogen and oxygen atoms in total. The Morgan fingerprint density at radius 3 is 2.58 bits per heavy atom. The van der Waals surface area contributed by atoms with Gasteiger partial charge in [0.25, 0.3) is 5.91 Å². The van der Waals surface area contributed by atoms with Crippen molar-refractivity contribution < 1.29 is 14.3 Å². The lowest BCUT2D eigenvalue weighted by Gasteiger charge is -2.17. The SMILES string of the molecule is C/C=C/C(=O)O[C@H](C(=O)NC1CC1)c1ccccc1. The normalized spacial score (nSPS) is 16.1. The second kappa shape index (κ2) is 6.18. The van der Waals surface area contributed by atoms with Crippen molar-refractivity contribution in [3.05, 3.63) is 48.0 Å². The van der Waals surface area contributed by atoms with Gasteiger partial charge in [-0.1, -0.05) is 36.4 Å². The molecule has 1 aromatic carbocycles. The van der Waals surface area contributed by atoms with Crippen LogP contribution in [0.4, 0.5) is 0 Å². The molecule has 4 heteroatoms. The van der Waals surface area contributed by atoms with E-state index in [1.165, 1.54) is 6.08 Å². The van der Waals surface area contributed by atoms with Crippen LogP contribution in [0.5, 0.6) is 0 Å². The van der Waals surface area contributed by atoms with Crippen LogP contribution < -0.4 is 5.32 Å². The molecule has 0 saturated heterocycles. The van der Waals surface area contributed by atoms with E-state index in [1.54, 1.807) is 25.1 Å². The Balaban J connectivity index is 2.12. The second-order valence-corrected chi connectivity index (χ2v) is 4.51. The molecule has 0 bridgehead atoms. The van der Waals surface area contributed by atoms with Crippen LogP contribution in [0.1, 0.15) is 31.4 Å². The van der Waals surface area contributed by atoms with Gasteiger partial charge >= 0.3 is 5.97 Å². The van der Waals surface area contributed by atoms with E-state index in [1.807, 2.05) is 18.2 Å².